The van der Waals surface area contributed by atoms with E-state index in [1.165, 1.54) is 16.9 Å². The summed E-state index contributed by atoms with van der Waals surface area (Å²) in [5, 5.41) is 12.4. The molecule has 0 radical (unpaired) electrons. The number of likely N-dealkylation sites (N-methyl/N-ethyl adjacent to an activating group) is 1. The number of thiazole rings is 1. The lowest BCUT2D eigenvalue weighted by Crippen LogP contribution is -2.24. The van der Waals surface area contributed by atoms with Crippen molar-refractivity contribution in [2.24, 2.45) is 0 Å². The number of aryl methyl sites for hydroxylation is 1. The molecule has 3 aromatic rings. The van der Waals surface area contributed by atoms with E-state index < -0.39 is 0 Å². The molecule has 0 bridgehead atoms. The first-order valence-corrected chi connectivity index (χ1v) is 10.3. The minimum absolute atomic E-state index is 0.114. The Morgan fingerprint density at radius 3 is 2.55 bits per heavy atom. The van der Waals surface area contributed by atoms with E-state index in [0.717, 1.165) is 22.0 Å². The minimum Gasteiger partial charge on any atom is -0.358 e. The number of carbonyl (C=O) groups is 2. The number of nitrogens with zero attached hydrogens (tertiary/aromatic N) is 3. The fourth-order valence-corrected chi connectivity index (χ4v) is 3.66. The van der Waals surface area contributed by atoms with Crippen LogP contribution in [0.2, 0.25) is 0 Å². The van der Waals surface area contributed by atoms with E-state index in [9.17, 15) is 9.59 Å². The van der Waals surface area contributed by atoms with Crippen LogP contribution in [0.3, 0.4) is 0 Å². The van der Waals surface area contributed by atoms with Crippen LogP contribution in [-0.4, -0.2) is 33.6 Å². The Bertz CT molecular complexity index is 1000. The molecule has 0 unspecified atom stereocenters. The zero-order valence-electron chi connectivity index (χ0n) is 17.0. The highest BCUT2D eigenvalue weighted by Crippen LogP contribution is 2.26. The van der Waals surface area contributed by atoms with Crippen molar-refractivity contribution in [2.75, 3.05) is 12.4 Å². The number of aromatic nitrogens is 3. The van der Waals surface area contributed by atoms with Gasteiger partial charge in [-0.1, -0.05) is 38.1 Å². The summed E-state index contributed by atoms with van der Waals surface area (Å²) >= 11 is 1.53. The largest absolute Gasteiger partial charge is 0.358 e. The van der Waals surface area contributed by atoms with Gasteiger partial charge in [0.05, 0.1) is 12.1 Å². The number of hydrogen-bond donors (Lipinski definition) is 2. The van der Waals surface area contributed by atoms with Gasteiger partial charge >= 0.3 is 0 Å². The maximum atomic E-state index is 12.4. The van der Waals surface area contributed by atoms with Crippen LogP contribution in [0.15, 0.2) is 35.7 Å². The predicted molar refractivity (Wildman–Crippen MR) is 115 cm³/mol. The molecule has 3 rings (SSSR count). The SMILES string of the molecule is CNC(=O)Cn1nc(NC(=O)Cc2csc(-c3ccc(C(C)C)cc3)n2)cc1C. The molecule has 0 aliphatic rings. The second-order valence-electron chi connectivity index (χ2n) is 7.15. The Kier molecular flexibility index (Phi) is 6.43. The molecule has 2 heterocycles. The molecular weight excluding hydrogens is 386 g/mol. The molecule has 0 saturated heterocycles. The Hall–Kier alpha value is -3.00. The zero-order chi connectivity index (χ0) is 21.0. The van der Waals surface area contributed by atoms with Crippen molar-refractivity contribution in [3.63, 3.8) is 0 Å². The highest BCUT2D eigenvalue weighted by atomic mass is 32.1. The monoisotopic (exact) mass is 411 g/mol. The summed E-state index contributed by atoms with van der Waals surface area (Å²) in [6.07, 6.45) is 0.169. The number of amides is 2. The molecule has 1 aromatic carbocycles. The summed E-state index contributed by atoms with van der Waals surface area (Å²) in [6.45, 7) is 6.28. The molecule has 0 fully saturated rings. The standard InChI is InChI=1S/C21H25N5O2S/c1-13(2)15-5-7-16(8-6-15)21-23-17(12-29-21)10-19(27)24-18-9-14(3)26(25-18)11-20(28)22-4/h5-9,12-13H,10-11H2,1-4H3,(H,22,28)(H,24,25,27). The lowest BCUT2D eigenvalue weighted by atomic mass is 10.0. The zero-order valence-corrected chi connectivity index (χ0v) is 17.8. The maximum absolute atomic E-state index is 12.4. The van der Waals surface area contributed by atoms with Gasteiger partial charge in [0.2, 0.25) is 11.8 Å². The van der Waals surface area contributed by atoms with Crippen LogP contribution in [0.4, 0.5) is 5.82 Å². The minimum atomic E-state index is -0.193. The van der Waals surface area contributed by atoms with Crippen molar-refractivity contribution >= 4 is 29.0 Å². The van der Waals surface area contributed by atoms with Crippen molar-refractivity contribution in [2.45, 2.75) is 39.7 Å². The van der Waals surface area contributed by atoms with Gasteiger partial charge in [0, 0.05) is 29.8 Å². The number of rotatable bonds is 7. The molecule has 7 nitrogen and oxygen atoms in total. The summed E-state index contributed by atoms with van der Waals surface area (Å²) in [5.74, 6) is 0.575. The van der Waals surface area contributed by atoms with E-state index in [4.69, 9.17) is 0 Å². The van der Waals surface area contributed by atoms with Gasteiger partial charge in [-0.05, 0) is 18.4 Å². The summed E-state index contributed by atoms with van der Waals surface area (Å²) in [7, 11) is 1.57. The molecule has 2 N–H and O–H groups in total. The average Bonchev–Trinajstić information content (AvgIpc) is 3.28. The molecule has 2 aromatic heterocycles. The second-order valence-corrected chi connectivity index (χ2v) is 8.01. The Morgan fingerprint density at radius 1 is 1.17 bits per heavy atom. The number of nitrogens with one attached hydrogen (secondary N) is 2. The molecule has 2 amide bonds. The van der Waals surface area contributed by atoms with E-state index in [-0.39, 0.29) is 24.8 Å². The van der Waals surface area contributed by atoms with Gasteiger partial charge in [0.25, 0.3) is 0 Å². The van der Waals surface area contributed by atoms with Crippen LogP contribution in [0.5, 0.6) is 0 Å². The highest BCUT2D eigenvalue weighted by Gasteiger charge is 2.13. The number of benzene rings is 1. The van der Waals surface area contributed by atoms with E-state index >= 15 is 0 Å². The van der Waals surface area contributed by atoms with Gasteiger partial charge in [-0.25, -0.2) is 4.98 Å². The van der Waals surface area contributed by atoms with Crippen LogP contribution in [-0.2, 0) is 22.6 Å². The third-order valence-corrected chi connectivity index (χ3v) is 5.48. The fraction of sp³-hybridized carbons (Fsp3) is 0.333. The highest BCUT2D eigenvalue weighted by molar-refractivity contribution is 7.13. The lowest BCUT2D eigenvalue weighted by molar-refractivity contribution is -0.121. The number of carbonyl (C=O) groups excluding carboxylic acids is 2. The van der Waals surface area contributed by atoms with E-state index in [1.807, 2.05) is 12.3 Å². The Labute approximate surface area is 174 Å². The van der Waals surface area contributed by atoms with Crippen molar-refractivity contribution < 1.29 is 9.59 Å². The molecule has 0 saturated carbocycles. The molecule has 0 aliphatic heterocycles. The number of hydrogen-bond acceptors (Lipinski definition) is 5. The average molecular weight is 412 g/mol. The Morgan fingerprint density at radius 2 is 1.90 bits per heavy atom. The van der Waals surface area contributed by atoms with Crippen LogP contribution >= 0.6 is 11.3 Å². The first kappa shape index (κ1) is 20.7. The van der Waals surface area contributed by atoms with Crippen LogP contribution < -0.4 is 10.6 Å². The van der Waals surface area contributed by atoms with E-state index in [1.54, 1.807) is 17.8 Å². The van der Waals surface area contributed by atoms with Crippen LogP contribution in [0.25, 0.3) is 10.6 Å². The second kappa shape index (κ2) is 9.00. The predicted octanol–water partition coefficient (Wildman–Crippen LogP) is 3.37. The van der Waals surface area contributed by atoms with Crippen molar-refractivity contribution in [1.82, 2.24) is 20.1 Å². The molecule has 0 aliphatic carbocycles. The summed E-state index contributed by atoms with van der Waals surface area (Å²) in [5.41, 5.74) is 3.85. The number of anilines is 1. The first-order valence-electron chi connectivity index (χ1n) is 9.45. The molecule has 0 atom stereocenters. The van der Waals surface area contributed by atoms with Gasteiger partial charge in [0.1, 0.15) is 11.6 Å². The quantitative estimate of drug-likeness (QED) is 0.624. The maximum Gasteiger partial charge on any atom is 0.241 e. The van der Waals surface area contributed by atoms with Gasteiger partial charge in [-0.2, -0.15) is 5.10 Å². The normalized spacial score (nSPS) is 10.9. The van der Waals surface area contributed by atoms with Gasteiger partial charge in [-0.15, -0.1) is 11.3 Å². The first-order chi connectivity index (χ1) is 13.9. The molecular formula is C21H25N5O2S. The van der Waals surface area contributed by atoms with Gasteiger partial charge < -0.3 is 10.6 Å². The molecule has 8 heteroatoms. The molecule has 0 spiro atoms. The summed E-state index contributed by atoms with van der Waals surface area (Å²) < 4.78 is 1.55. The molecule has 29 heavy (non-hydrogen) atoms. The van der Waals surface area contributed by atoms with Gasteiger partial charge in [-0.3, -0.25) is 14.3 Å². The summed E-state index contributed by atoms with van der Waals surface area (Å²) in [6, 6.07) is 10.1. The van der Waals surface area contributed by atoms with Crippen LogP contribution in [0.1, 0.15) is 36.7 Å². The smallest absolute Gasteiger partial charge is 0.241 e. The topological polar surface area (TPSA) is 88.9 Å². The van der Waals surface area contributed by atoms with E-state index in [2.05, 4.69) is 58.8 Å². The lowest BCUT2D eigenvalue weighted by Gasteiger charge is -2.05. The van der Waals surface area contributed by atoms with Crippen LogP contribution in [0, 0.1) is 6.92 Å². The third kappa shape index (κ3) is 5.29. The summed E-state index contributed by atoms with van der Waals surface area (Å²) in [4.78, 5) is 28.5. The van der Waals surface area contributed by atoms with E-state index in [0.29, 0.717) is 11.7 Å². The van der Waals surface area contributed by atoms with Gasteiger partial charge in [0.15, 0.2) is 5.82 Å². The fourth-order valence-electron chi connectivity index (χ4n) is 2.83. The van der Waals surface area contributed by atoms with Crippen molar-refractivity contribution in [3.05, 3.63) is 52.7 Å². The van der Waals surface area contributed by atoms with Crippen molar-refractivity contribution in [1.29, 1.82) is 0 Å². The Balaban J connectivity index is 1.62. The van der Waals surface area contributed by atoms with Crippen molar-refractivity contribution in [3.8, 4) is 10.6 Å². The molecule has 152 valence electrons. The third-order valence-electron chi connectivity index (χ3n) is 4.54.